The van der Waals surface area contributed by atoms with E-state index in [2.05, 4.69) is 10.4 Å². The molecule has 0 radical (unpaired) electrons. The van der Waals surface area contributed by atoms with E-state index in [0.29, 0.717) is 29.4 Å². The standard InChI is InChI=1S/C13H15ClN4O/c1-9-4-6-16-18(9)7-5-13(19)17-10-2-3-11(14)12(15)8-10/h2-4,6,8H,5,7,15H2,1H3,(H,17,19). The van der Waals surface area contributed by atoms with Gasteiger partial charge in [-0.2, -0.15) is 5.10 Å². The van der Waals surface area contributed by atoms with Crippen molar-refractivity contribution in [1.29, 1.82) is 0 Å². The number of hydrogen-bond donors (Lipinski definition) is 2. The van der Waals surface area contributed by atoms with Crippen molar-refractivity contribution in [1.82, 2.24) is 9.78 Å². The number of rotatable bonds is 4. The Morgan fingerprint density at radius 2 is 2.26 bits per heavy atom. The van der Waals surface area contributed by atoms with Gasteiger partial charge in [0.15, 0.2) is 0 Å². The van der Waals surface area contributed by atoms with Gasteiger partial charge in [0.05, 0.1) is 10.7 Å². The molecule has 5 nitrogen and oxygen atoms in total. The highest BCUT2D eigenvalue weighted by Crippen LogP contribution is 2.22. The van der Waals surface area contributed by atoms with Crippen LogP contribution in [0.2, 0.25) is 5.02 Å². The van der Waals surface area contributed by atoms with Crippen LogP contribution >= 0.6 is 11.6 Å². The lowest BCUT2D eigenvalue weighted by atomic mass is 10.2. The van der Waals surface area contributed by atoms with Crippen molar-refractivity contribution in [3.8, 4) is 0 Å². The maximum atomic E-state index is 11.8. The van der Waals surface area contributed by atoms with Gasteiger partial charge in [0.1, 0.15) is 0 Å². The molecule has 0 unspecified atom stereocenters. The van der Waals surface area contributed by atoms with Gasteiger partial charge in [-0.05, 0) is 31.2 Å². The molecule has 0 saturated carbocycles. The predicted octanol–water partition coefficient (Wildman–Crippen LogP) is 2.46. The Morgan fingerprint density at radius 3 is 2.89 bits per heavy atom. The maximum absolute atomic E-state index is 11.8. The van der Waals surface area contributed by atoms with Crippen molar-refractivity contribution < 1.29 is 4.79 Å². The fourth-order valence-corrected chi connectivity index (χ4v) is 1.80. The number of nitrogens with two attached hydrogens (primary N) is 1. The van der Waals surface area contributed by atoms with E-state index in [-0.39, 0.29) is 5.91 Å². The van der Waals surface area contributed by atoms with Crippen LogP contribution in [0.25, 0.3) is 0 Å². The zero-order valence-corrected chi connectivity index (χ0v) is 11.3. The third-order valence-corrected chi connectivity index (χ3v) is 3.10. The molecule has 0 spiro atoms. The van der Waals surface area contributed by atoms with Gasteiger partial charge in [-0.15, -0.1) is 0 Å². The number of anilines is 2. The molecule has 19 heavy (non-hydrogen) atoms. The predicted molar refractivity (Wildman–Crippen MR) is 76.1 cm³/mol. The Morgan fingerprint density at radius 1 is 1.47 bits per heavy atom. The van der Waals surface area contributed by atoms with E-state index in [1.54, 1.807) is 29.1 Å². The molecule has 0 fully saturated rings. The fraction of sp³-hybridized carbons (Fsp3) is 0.231. The molecule has 0 aliphatic rings. The number of nitrogens with zero attached hydrogens (tertiary/aromatic N) is 2. The van der Waals surface area contributed by atoms with Crippen LogP contribution in [0.5, 0.6) is 0 Å². The number of benzene rings is 1. The SMILES string of the molecule is Cc1ccnn1CCC(=O)Nc1ccc(Cl)c(N)c1. The quantitative estimate of drug-likeness (QED) is 0.844. The lowest BCUT2D eigenvalue weighted by Gasteiger charge is -2.07. The number of carbonyl (C=O) groups excluding carboxylic acids is 1. The van der Waals surface area contributed by atoms with Gasteiger partial charge in [0.2, 0.25) is 5.91 Å². The van der Waals surface area contributed by atoms with E-state index in [1.807, 2.05) is 13.0 Å². The summed E-state index contributed by atoms with van der Waals surface area (Å²) >= 11 is 5.81. The Hall–Kier alpha value is -2.01. The zero-order valence-electron chi connectivity index (χ0n) is 10.6. The summed E-state index contributed by atoms with van der Waals surface area (Å²) in [5.41, 5.74) is 7.79. The molecule has 0 bridgehead atoms. The second kappa shape index (κ2) is 5.75. The third kappa shape index (κ3) is 3.48. The lowest BCUT2D eigenvalue weighted by molar-refractivity contribution is -0.116. The van der Waals surface area contributed by atoms with Crippen LogP contribution in [0.1, 0.15) is 12.1 Å². The monoisotopic (exact) mass is 278 g/mol. The van der Waals surface area contributed by atoms with E-state index < -0.39 is 0 Å². The number of halogens is 1. The largest absolute Gasteiger partial charge is 0.397 e. The van der Waals surface area contributed by atoms with Gasteiger partial charge < -0.3 is 11.1 Å². The van der Waals surface area contributed by atoms with Gasteiger partial charge in [-0.3, -0.25) is 9.48 Å². The summed E-state index contributed by atoms with van der Waals surface area (Å²) in [4.78, 5) is 11.8. The number of nitrogen functional groups attached to an aromatic ring is 1. The van der Waals surface area contributed by atoms with Crippen LogP contribution in [-0.4, -0.2) is 15.7 Å². The summed E-state index contributed by atoms with van der Waals surface area (Å²) < 4.78 is 1.79. The molecule has 1 amide bonds. The molecule has 1 aromatic heterocycles. The second-order valence-corrected chi connectivity index (χ2v) is 4.64. The van der Waals surface area contributed by atoms with E-state index >= 15 is 0 Å². The minimum atomic E-state index is -0.0865. The van der Waals surface area contributed by atoms with Crippen LogP contribution < -0.4 is 11.1 Å². The second-order valence-electron chi connectivity index (χ2n) is 4.23. The summed E-state index contributed by atoms with van der Waals surface area (Å²) in [5.74, 6) is -0.0865. The number of amides is 1. The molecule has 0 saturated heterocycles. The summed E-state index contributed by atoms with van der Waals surface area (Å²) in [6.45, 7) is 2.50. The van der Waals surface area contributed by atoms with Crippen LogP contribution in [0.15, 0.2) is 30.5 Å². The number of aryl methyl sites for hydroxylation is 2. The highest BCUT2D eigenvalue weighted by Gasteiger charge is 2.05. The van der Waals surface area contributed by atoms with Crippen LogP contribution in [0.4, 0.5) is 11.4 Å². The summed E-state index contributed by atoms with van der Waals surface area (Å²) in [6, 6.07) is 6.91. The van der Waals surface area contributed by atoms with E-state index in [9.17, 15) is 4.79 Å². The Labute approximate surface area is 116 Å². The molecule has 2 aromatic rings. The first-order valence-corrected chi connectivity index (χ1v) is 6.27. The molecule has 2 rings (SSSR count). The van der Waals surface area contributed by atoms with Crippen molar-refractivity contribution >= 4 is 28.9 Å². The van der Waals surface area contributed by atoms with Crippen molar-refractivity contribution in [2.45, 2.75) is 19.9 Å². The molecule has 0 aliphatic carbocycles. The minimum Gasteiger partial charge on any atom is -0.397 e. The highest BCUT2D eigenvalue weighted by molar-refractivity contribution is 6.33. The molecule has 3 N–H and O–H groups in total. The van der Waals surface area contributed by atoms with Gasteiger partial charge in [0.25, 0.3) is 0 Å². The van der Waals surface area contributed by atoms with E-state index in [0.717, 1.165) is 5.69 Å². The summed E-state index contributed by atoms with van der Waals surface area (Å²) in [5, 5.41) is 7.37. The van der Waals surface area contributed by atoms with Gasteiger partial charge in [-0.1, -0.05) is 11.6 Å². The van der Waals surface area contributed by atoms with Crippen LogP contribution in [0.3, 0.4) is 0 Å². The van der Waals surface area contributed by atoms with Crippen molar-refractivity contribution in [3.05, 3.63) is 41.2 Å². The maximum Gasteiger partial charge on any atom is 0.226 e. The Kier molecular flexibility index (Phi) is 4.06. The average molecular weight is 279 g/mol. The van der Waals surface area contributed by atoms with Crippen molar-refractivity contribution in [2.24, 2.45) is 0 Å². The van der Waals surface area contributed by atoms with Crippen molar-refractivity contribution in [3.63, 3.8) is 0 Å². The fourth-order valence-electron chi connectivity index (χ4n) is 1.69. The molecule has 1 heterocycles. The average Bonchev–Trinajstić information content (AvgIpc) is 2.77. The van der Waals surface area contributed by atoms with Gasteiger partial charge >= 0.3 is 0 Å². The topological polar surface area (TPSA) is 72.9 Å². The normalized spacial score (nSPS) is 10.4. The molecular weight excluding hydrogens is 264 g/mol. The first-order valence-electron chi connectivity index (χ1n) is 5.89. The number of hydrogen-bond acceptors (Lipinski definition) is 3. The number of nitrogens with one attached hydrogen (secondary N) is 1. The molecule has 0 atom stereocenters. The minimum absolute atomic E-state index is 0.0865. The highest BCUT2D eigenvalue weighted by atomic mass is 35.5. The van der Waals surface area contributed by atoms with Crippen LogP contribution in [-0.2, 0) is 11.3 Å². The molecule has 0 aliphatic heterocycles. The zero-order chi connectivity index (χ0) is 13.8. The molecular formula is C13H15ClN4O. The van der Waals surface area contributed by atoms with Gasteiger partial charge in [-0.25, -0.2) is 0 Å². The first-order chi connectivity index (χ1) is 9.06. The van der Waals surface area contributed by atoms with E-state index in [1.165, 1.54) is 0 Å². The van der Waals surface area contributed by atoms with E-state index in [4.69, 9.17) is 17.3 Å². The summed E-state index contributed by atoms with van der Waals surface area (Å²) in [6.07, 6.45) is 2.07. The van der Waals surface area contributed by atoms with Crippen LogP contribution in [0, 0.1) is 6.92 Å². The van der Waals surface area contributed by atoms with Gasteiger partial charge in [0, 0.05) is 30.5 Å². The van der Waals surface area contributed by atoms with Crippen molar-refractivity contribution in [2.75, 3.05) is 11.1 Å². The number of aromatic nitrogens is 2. The first kappa shape index (κ1) is 13.4. The number of carbonyl (C=O) groups is 1. The molecule has 100 valence electrons. The summed E-state index contributed by atoms with van der Waals surface area (Å²) in [7, 11) is 0. The Balaban J connectivity index is 1.91. The molecule has 1 aromatic carbocycles. The Bertz CT molecular complexity index is 594. The smallest absolute Gasteiger partial charge is 0.226 e. The lowest BCUT2D eigenvalue weighted by Crippen LogP contribution is -2.15. The third-order valence-electron chi connectivity index (χ3n) is 2.76. The molecule has 6 heteroatoms.